The van der Waals surface area contributed by atoms with Crippen molar-refractivity contribution < 1.29 is 9.53 Å². The van der Waals surface area contributed by atoms with Crippen molar-refractivity contribution in [1.82, 2.24) is 0 Å². The van der Waals surface area contributed by atoms with Gasteiger partial charge in [0.1, 0.15) is 6.10 Å². The number of allylic oxidation sites excluding steroid dienone is 3. The molecule has 0 fully saturated rings. The molecule has 1 unspecified atom stereocenters. The van der Waals surface area contributed by atoms with Crippen molar-refractivity contribution in [3.05, 3.63) is 36.5 Å². The van der Waals surface area contributed by atoms with Gasteiger partial charge in [-0.2, -0.15) is 0 Å². The van der Waals surface area contributed by atoms with Crippen molar-refractivity contribution in [3.63, 3.8) is 0 Å². The third-order valence-electron chi connectivity index (χ3n) is 3.81. The molecule has 0 aliphatic rings. The Morgan fingerprint density at radius 2 is 1.74 bits per heavy atom. The Balaban J connectivity index is 5.01. The average molecular weight is 264 g/mol. The summed E-state index contributed by atoms with van der Waals surface area (Å²) in [5.74, 6) is -0.174. The molecule has 0 aliphatic carbocycles. The predicted octanol–water partition coefficient (Wildman–Crippen LogP) is 4.68. The van der Waals surface area contributed by atoms with Gasteiger partial charge in [0.25, 0.3) is 0 Å². The molecule has 2 heteroatoms. The van der Waals surface area contributed by atoms with E-state index in [1.165, 1.54) is 0 Å². The normalized spacial score (nSPS) is 15.4. The summed E-state index contributed by atoms with van der Waals surface area (Å²) in [5.41, 5.74) is 0.263. The summed E-state index contributed by atoms with van der Waals surface area (Å²) in [5, 5.41) is 0. The van der Waals surface area contributed by atoms with Gasteiger partial charge < -0.3 is 4.74 Å². The van der Waals surface area contributed by atoms with Gasteiger partial charge in [-0.3, -0.25) is 4.79 Å². The third-order valence-corrected chi connectivity index (χ3v) is 3.81. The molecule has 0 amide bonds. The molecule has 0 radical (unpaired) electrons. The van der Waals surface area contributed by atoms with Gasteiger partial charge in [-0.1, -0.05) is 51.7 Å². The summed E-state index contributed by atoms with van der Waals surface area (Å²) in [7, 11) is 0. The van der Waals surface area contributed by atoms with Crippen molar-refractivity contribution in [2.24, 2.45) is 10.8 Å². The smallest absolute Gasteiger partial charge is 0.312 e. The van der Waals surface area contributed by atoms with Crippen molar-refractivity contribution in [1.29, 1.82) is 0 Å². The fraction of sp³-hybridized carbons (Fsp3) is 0.588. The number of rotatable bonds is 5. The van der Waals surface area contributed by atoms with Crippen LogP contribution in [0.25, 0.3) is 0 Å². The van der Waals surface area contributed by atoms with Gasteiger partial charge in [-0.05, 0) is 38.7 Å². The number of hydrogen-bond acceptors (Lipinski definition) is 2. The highest BCUT2D eigenvalue weighted by Crippen LogP contribution is 2.39. The summed E-state index contributed by atoms with van der Waals surface area (Å²) in [4.78, 5) is 12.3. The fourth-order valence-electron chi connectivity index (χ4n) is 1.34. The van der Waals surface area contributed by atoms with E-state index >= 15 is 0 Å². The van der Waals surface area contributed by atoms with Crippen LogP contribution in [0.3, 0.4) is 0 Å². The molecule has 0 heterocycles. The van der Waals surface area contributed by atoms with E-state index in [0.717, 1.165) is 5.57 Å². The van der Waals surface area contributed by atoms with E-state index in [1.807, 2.05) is 66.7 Å². The molecule has 0 aromatic heterocycles. The van der Waals surface area contributed by atoms with Gasteiger partial charge in [0.15, 0.2) is 0 Å². The van der Waals surface area contributed by atoms with Gasteiger partial charge in [-0.15, -0.1) is 0 Å². The summed E-state index contributed by atoms with van der Waals surface area (Å²) in [6, 6.07) is 0. The van der Waals surface area contributed by atoms with Gasteiger partial charge in [0.2, 0.25) is 0 Å². The van der Waals surface area contributed by atoms with E-state index in [-0.39, 0.29) is 17.5 Å². The van der Waals surface area contributed by atoms with Crippen LogP contribution in [0.15, 0.2) is 36.5 Å². The predicted molar refractivity (Wildman–Crippen MR) is 81.9 cm³/mol. The minimum atomic E-state index is -0.531. The lowest BCUT2D eigenvalue weighted by Crippen LogP contribution is -2.40. The van der Waals surface area contributed by atoms with Crippen LogP contribution in [0, 0.1) is 10.8 Å². The first kappa shape index (κ1) is 17.7. The number of hydrogen-bond donors (Lipinski definition) is 0. The Labute approximate surface area is 118 Å². The highest BCUT2D eigenvalue weighted by atomic mass is 16.5. The van der Waals surface area contributed by atoms with Crippen molar-refractivity contribution in [2.75, 3.05) is 0 Å². The first-order valence-electron chi connectivity index (χ1n) is 6.74. The molecule has 0 aromatic carbocycles. The molecule has 1 atom stereocenters. The molecule has 0 saturated heterocycles. The second-order valence-corrected chi connectivity index (χ2v) is 6.32. The summed E-state index contributed by atoms with van der Waals surface area (Å²) in [6.45, 7) is 17.5. The monoisotopic (exact) mass is 264 g/mol. The lowest BCUT2D eigenvalue weighted by molar-refractivity contribution is -0.163. The number of carbonyl (C=O) groups excluding carboxylic acids is 1. The highest BCUT2D eigenvalue weighted by Gasteiger charge is 2.41. The molecule has 0 bridgehead atoms. The van der Waals surface area contributed by atoms with Crippen LogP contribution in [-0.4, -0.2) is 12.1 Å². The van der Waals surface area contributed by atoms with Crippen molar-refractivity contribution in [3.8, 4) is 0 Å². The van der Waals surface area contributed by atoms with Crippen molar-refractivity contribution >= 4 is 5.97 Å². The second kappa shape index (κ2) is 6.74. The molecule has 0 saturated carbocycles. The topological polar surface area (TPSA) is 26.3 Å². The summed E-state index contributed by atoms with van der Waals surface area (Å²) in [6.07, 6.45) is 7.15. The van der Waals surface area contributed by atoms with Crippen LogP contribution < -0.4 is 0 Å². The van der Waals surface area contributed by atoms with E-state index in [0.29, 0.717) is 0 Å². The molecular formula is C17H28O2. The van der Waals surface area contributed by atoms with Crippen LogP contribution in [0.4, 0.5) is 0 Å². The third kappa shape index (κ3) is 4.70. The Hall–Kier alpha value is -1.31. The lowest BCUT2D eigenvalue weighted by atomic mass is 9.69. The number of carbonyl (C=O) groups is 1. The zero-order chi connectivity index (χ0) is 15.3. The van der Waals surface area contributed by atoms with Gasteiger partial charge in [-0.25, -0.2) is 0 Å². The van der Waals surface area contributed by atoms with Crippen molar-refractivity contribution in [2.45, 2.75) is 54.6 Å². The minimum Gasteiger partial charge on any atom is -0.457 e. The lowest BCUT2D eigenvalue weighted by Gasteiger charge is -2.37. The second-order valence-electron chi connectivity index (χ2n) is 6.32. The molecule has 108 valence electrons. The van der Waals surface area contributed by atoms with Crippen LogP contribution in [0.1, 0.15) is 48.5 Å². The highest BCUT2D eigenvalue weighted by molar-refractivity contribution is 5.77. The van der Waals surface area contributed by atoms with Crippen LogP contribution in [0.5, 0.6) is 0 Å². The zero-order valence-corrected chi connectivity index (χ0v) is 13.4. The van der Waals surface area contributed by atoms with Gasteiger partial charge in [0.05, 0.1) is 5.41 Å². The van der Waals surface area contributed by atoms with E-state index in [1.54, 1.807) is 6.08 Å². The molecule has 0 spiro atoms. The standard InChI is InChI=1S/C17H28O2/c1-9-11-14(12-10-2)13(3)19-15(18)17(7,8)16(4,5)6/h9-13H,1H2,2-8H3/b12-10-,14-11+. The van der Waals surface area contributed by atoms with E-state index in [9.17, 15) is 4.79 Å². The molecule has 0 N–H and O–H groups in total. The van der Waals surface area contributed by atoms with E-state index < -0.39 is 5.41 Å². The molecule has 2 nitrogen and oxygen atoms in total. The zero-order valence-electron chi connectivity index (χ0n) is 13.4. The fourth-order valence-corrected chi connectivity index (χ4v) is 1.34. The van der Waals surface area contributed by atoms with Gasteiger partial charge >= 0.3 is 5.97 Å². The first-order chi connectivity index (χ1) is 8.57. The molecule has 0 aromatic rings. The Bertz CT molecular complexity index is 379. The van der Waals surface area contributed by atoms with E-state index in [4.69, 9.17) is 4.74 Å². The number of ether oxygens (including phenoxy) is 1. The van der Waals surface area contributed by atoms with Crippen LogP contribution in [-0.2, 0) is 9.53 Å². The summed E-state index contributed by atoms with van der Waals surface area (Å²) >= 11 is 0. The minimum absolute atomic E-state index is 0.146. The molecule has 0 aliphatic heterocycles. The first-order valence-corrected chi connectivity index (χ1v) is 6.74. The maximum absolute atomic E-state index is 12.3. The largest absolute Gasteiger partial charge is 0.457 e. The quantitative estimate of drug-likeness (QED) is 0.532. The molecule has 0 rings (SSSR count). The average Bonchev–Trinajstić information content (AvgIpc) is 2.26. The van der Waals surface area contributed by atoms with Crippen LogP contribution >= 0.6 is 0 Å². The Morgan fingerprint density at radius 1 is 1.21 bits per heavy atom. The van der Waals surface area contributed by atoms with Crippen LogP contribution in [0.2, 0.25) is 0 Å². The molecular weight excluding hydrogens is 236 g/mol. The Kier molecular flexibility index (Phi) is 6.28. The Morgan fingerprint density at radius 3 is 2.11 bits per heavy atom. The summed E-state index contributed by atoms with van der Waals surface area (Å²) < 4.78 is 5.60. The maximum Gasteiger partial charge on any atom is 0.312 e. The molecule has 19 heavy (non-hydrogen) atoms. The number of esters is 1. The van der Waals surface area contributed by atoms with E-state index in [2.05, 4.69) is 6.58 Å². The maximum atomic E-state index is 12.3. The van der Waals surface area contributed by atoms with Gasteiger partial charge in [0, 0.05) is 0 Å². The SMILES string of the molecule is C=C/C=C(\C=C/C)C(C)OC(=O)C(C)(C)C(C)(C)C.